The number of halogens is 1. The Morgan fingerprint density at radius 1 is 0.930 bits per heavy atom. The maximum absolute atomic E-state index is 14.2. The Balaban J connectivity index is 1.69. The average Bonchev–Trinajstić information content (AvgIpc) is 3.01. The molecule has 43 heavy (non-hydrogen) atoms. The number of anilines is 1. The Morgan fingerprint density at radius 2 is 1.58 bits per heavy atom. The van der Waals surface area contributed by atoms with Crippen LogP contribution in [0.3, 0.4) is 0 Å². The second-order valence-corrected chi connectivity index (χ2v) is 13.4. The van der Waals surface area contributed by atoms with Crippen LogP contribution in [0, 0.1) is 0 Å². The van der Waals surface area contributed by atoms with Crippen LogP contribution in [-0.4, -0.2) is 50.4 Å². The summed E-state index contributed by atoms with van der Waals surface area (Å²) in [6, 6.07) is 21.7. The van der Waals surface area contributed by atoms with Gasteiger partial charge in [0.05, 0.1) is 17.2 Å². The van der Waals surface area contributed by atoms with Crippen molar-refractivity contribution in [1.82, 2.24) is 10.2 Å². The van der Waals surface area contributed by atoms with E-state index in [2.05, 4.69) is 21.2 Å². The zero-order valence-electron chi connectivity index (χ0n) is 24.7. The fourth-order valence-corrected chi connectivity index (χ4v) is 7.06. The number of nitrogens with one attached hydrogen (secondary N) is 1. The van der Waals surface area contributed by atoms with Crippen LogP contribution in [0.5, 0.6) is 5.75 Å². The Morgan fingerprint density at radius 3 is 2.19 bits per heavy atom. The third-order valence-electron chi connectivity index (χ3n) is 7.65. The summed E-state index contributed by atoms with van der Waals surface area (Å²) in [5.41, 5.74) is 1.17. The Bertz CT molecular complexity index is 1440. The van der Waals surface area contributed by atoms with E-state index in [1.807, 2.05) is 44.2 Å². The molecule has 1 atom stereocenters. The second kappa shape index (κ2) is 15.4. The predicted octanol–water partition coefficient (Wildman–Crippen LogP) is 6.30. The molecule has 1 aliphatic rings. The van der Waals surface area contributed by atoms with Crippen LogP contribution in [-0.2, 0) is 26.2 Å². The molecule has 1 saturated carbocycles. The smallest absolute Gasteiger partial charge is 0.264 e. The van der Waals surface area contributed by atoms with Gasteiger partial charge in [0.1, 0.15) is 18.3 Å². The molecule has 0 heterocycles. The summed E-state index contributed by atoms with van der Waals surface area (Å²) in [6.45, 7) is 3.90. The molecule has 10 heteroatoms. The summed E-state index contributed by atoms with van der Waals surface area (Å²) in [5, 5.41) is 3.17. The number of sulfonamides is 1. The van der Waals surface area contributed by atoms with E-state index in [4.69, 9.17) is 4.74 Å². The summed E-state index contributed by atoms with van der Waals surface area (Å²) in [4.78, 5) is 29.4. The molecule has 8 nitrogen and oxygen atoms in total. The third-order valence-corrected chi connectivity index (χ3v) is 9.97. The maximum Gasteiger partial charge on any atom is 0.264 e. The molecule has 4 rings (SSSR count). The number of carbonyl (C=O) groups is 2. The van der Waals surface area contributed by atoms with Crippen molar-refractivity contribution in [2.45, 2.75) is 75.9 Å². The largest absolute Gasteiger partial charge is 0.494 e. The molecular weight excluding hydrogens is 630 g/mol. The summed E-state index contributed by atoms with van der Waals surface area (Å²) in [7, 11) is -4.15. The number of rotatable bonds is 13. The molecule has 0 aromatic heterocycles. The maximum atomic E-state index is 14.2. The molecule has 1 aliphatic carbocycles. The number of ether oxygens (including phenoxy) is 1. The van der Waals surface area contributed by atoms with E-state index < -0.39 is 28.5 Å². The number of hydrogen-bond donors (Lipinski definition) is 1. The highest BCUT2D eigenvalue weighted by Crippen LogP contribution is 2.28. The van der Waals surface area contributed by atoms with Crippen LogP contribution in [0.2, 0.25) is 0 Å². The zero-order chi connectivity index (χ0) is 30.8. The molecule has 1 fully saturated rings. The van der Waals surface area contributed by atoms with E-state index in [-0.39, 0.29) is 23.4 Å². The van der Waals surface area contributed by atoms with E-state index in [1.165, 1.54) is 17.0 Å². The van der Waals surface area contributed by atoms with Gasteiger partial charge in [0.25, 0.3) is 10.0 Å². The lowest BCUT2D eigenvalue weighted by Gasteiger charge is -2.34. The highest BCUT2D eigenvalue weighted by Gasteiger charge is 2.34. The molecule has 3 aromatic rings. The molecule has 0 bridgehead atoms. The first kappa shape index (κ1) is 32.5. The lowest BCUT2D eigenvalue weighted by Crippen LogP contribution is -2.54. The van der Waals surface area contributed by atoms with Gasteiger partial charge in [-0.3, -0.25) is 13.9 Å². The van der Waals surface area contributed by atoms with Gasteiger partial charge >= 0.3 is 0 Å². The van der Waals surface area contributed by atoms with E-state index in [1.54, 1.807) is 36.4 Å². The molecular formula is C33H40BrN3O5S. The third kappa shape index (κ3) is 8.60. The molecule has 230 valence electrons. The number of carbonyl (C=O) groups excluding carboxylic acids is 2. The van der Waals surface area contributed by atoms with Crippen LogP contribution in [0.25, 0.3) is 0 Å². The summed E-state index contributed by atoms with van der Waals surface area (Å²) < 4.78 is 35.5. The van der Waals surface area contributed by atoms with Crippen LogP contribution in [0.4, 0.5) is 5.69 Å². The van der Waals surface area contributed by atoms with Gasteiger partial charge in [0.15, 0.2) is 0 Å². The SMILES string of the molecule is CCOc1ccc(N(CC(=O)N(Cc2ccccc2)[C@@H](CC)C(=O)NC2CCCCC2)S(=O)(=O)c2ccc(Br)cc2)cc1. The van der Waals surface area contributed by atoms with Crippen molar-refractivity contribution in [3.63, 3.8) is 0 Å². The fraction of sp³-hybridized carbons (Fsp3) is 0.394. The molecule has 0 spiro atoms. The van der Waals surface area contributed by atoms with Crippen LogP contribution in [0.1, 0.15) is 57.9 Å². The van der Waals surface area contributed by atoms with Gasteiger partial charge in [0, 0.05) is 17.1 Å². The first-order valence-corrected chi connectivity index (χ1v) is 17.1. The molecule has 0 radical (unpaired) electrons. The van der Waals surface area contributed by atoms with E-state index >= 15 is 0 Å². The van der Waals surface area contributed by atoms with E-state index in [0.29, 0.717) is 24.5 Å². The van der Waals surface area contributed by atoms with Crippen LogP contribution >= 0.6 is 15.9 Å². The predicted molar refractivity (Wildman–Crippen MR) is 172 cm³/mol. The number of nitrogens with zero attached hydrogens (tertiary/aromatic N) is 2. The Labute approximate surface area is 263 Å². The van der Waals surface area contributed by atoms with Gasteiger partial charge < -0.3 is 15.0 Å². The van der Waals surface area contributed by atoms with E-state index in [0.717, 1.165) is 46.4 Å². The van der Waals surface area contributed by atoms with Gasteiger partial charge in [-0.15, -0.1) is 0 Å². The number of benzene rings is 3. The van der Waals surface area contributed by atoms with E-state index in [9.17, 15) is 18.0 Å². The quantitative estimate of drug-likeness (QED) is 0.230. The van der Waals surface area contributed by atoms with Crippen molar-refractivity contribution < 1.29 is 22.7 Å². The van der Waals surface area contributed by atoms with Crippen molar-refractivity contribution >= 4 is 43.5 Å². The fourth-order valence-electron chi connectivity index (χ4n) is 5.38. The van der Waals surface area contributed by atoms with Gasteiger partial charge in [-0.25, -0.2) is 8.42 Å². The normalized spacial score (nSPS) is 14.5. The topological polar surface area (TPSA) is 96.0 Å². The zero-order valence-corrected chi connectivity index (χ0v) is 27.1. The number of amides is 2. The molecule has 0 aliphatic heterocycles. The van der Waals surface area contributed by atoms with Crippen LogP contribution < -0.4 is 14.4 Å². The summed E-state index contributed by atoms with van der Waals surface area (Å²) in [5.74, 6) is -0.0826. The lowest BCUT2D eigenvalue weighted by molar-refractivity contribution is -0.140. The second-order valence-electron chi connectivity index (χ2n) is 10.7. The highest BCUT2D eigenvalue weighted by molar-refractivity contribution is 9.10. The van der Waals surface area contributed by atoms with Gasteiger partial charge in [-0.05, 0) is 80.3 Å². The van der Waals surface area contributed by atoms with Crippen molar-refractivity contribution in [3.8, 4) is 5.75 Å². The minimum Gasteiger partial charge on any atom is -0.494 e. The lowest BCUT2D eigenvalue weighted by atomic mass is 9.95. The molecule has 0 saturated heterocycles. The van der Waals surface area contributed by atoms with Gasteiger partial charge in [0.2, 0.25) is 11.8 Å². The first-order valence-electron chi connectivity index (χ1n) is 14.9. The van der Waals surface area contributed by atoms with Crippen molar-refractivity contribution in [2.24, 2.45) is 0 Å². The molecule has 0 unspecified atom stereocenters. The van der Waals surface area contributed by atoms with Gasteiger partial charge in [-0.2, -0.15) is 0 Å². The monoisotopic (exact) mass is 669 g/mol. The highest BCUT2D eigenvalue weighted by atomic mass is 79.9. The van der Waals surface area contributed by atoms with Crippen LogP contribution in [0.15, 0.2) is 88.2 Å². The number of hydrogen-bond acceptors (Lipinski definition) is 5. The minimum atomic E-state index is -4.15. The minimum absolute atomic E-state index is 0.0501. The van der Waals surface area contributed by atoms with Crippen molar-refractivity contribution in [3.05, 3.63) is 88.9 Å². The molecule has 2 amide bonds. The molecule has 1 N–H and O–H groups in total. The molecule has 3 aromatic carbocycles. The van der Waals surface area contributed by atoms with Crippen molar-refractivity contribution in [2.75, 3.05) is 17.5 Å². The standard InChI is InChI=1S/C33H40BrN3O5S/c1-3-31(33(39)35-27-13-9-6-10-14-27)36(23-25-11-7-5-8-12-25)32(38)24-37(28-17-19-29(20-18-28)42-4-2)43(40,41)30-21-15-26(34)16-22-30/h5,7-8,11-12,15-22,27,31H,3-4,6,9-10,13-14,23-24H2,1-2H3,(H,35,39)/t31-/m0/s1. The first-order chi connectivity index (χ1) is 20.7. The van der Waals surface area contributed by atoms with Gasteiger partial charge in [-0.1, -0.05) is 72.4 Å². The summed E-state index contributed by atoms with van der Waals surface area (Å²) in [6.07, 6.45) is 5.53. The Kier molecular flexibility index (Phi) is 11.6. The average molecular weight is 671 g/mol. The van der Waals surface area contributed by atoms with Crippen molar-refractivity contribution in [1.29, 1.82) is 0 Å². The summed E-state index contributed by atoms with van der Waals surface area (Å²) >= 11 is 3.36. The Hall–Kier alpha value is -3.37.